The van der Waals surface area contributed by atoms with Gasteiger partial charge in [-0.1, -0.05) is 48.5 Å². The number of piperidine rings is 1. The smallest absolute Gasteiger partial charge is 0.122 e. The first-order valence-corrected chi connectivity index (χ1v) is 9.87. The normalized spacial score (nSPS) is 19.6. The van der Waals surface area contributed by atoms with Gasteiger partial charge in [0.2, 0.25) is 0 Å². The highest BCUT2D eigenvalue weighted by molar-refractivity contribution is 5.33. The van der Waals surface area contributed by atoms with E-state index in [1.54, 1.807) is 4.90 Å². The number of halogens is 1. The first-order valence-electron chi connectivity index (χ1n) is 9.87. The molecule has 0 bridgehead atoms. The second-order valence-corrected chi connectivity index (χ2v) is 7.53. The zero-order valence-corrected chi connectivity index (χ0v) is 16.7. The summed E-state index contributed by atoms with van der Waals surface area (Å²) in [6, 6.07) is 19.4. The topological polar surface area (TPSA) is 13.7 Å². The fraction of sp³-hybridized carbons (Fsp3) is 0.478. The molecule has 142 valence electrons. The molecule has 0 saturated carbocycles. The summed E-state index contributed by atoms with van der Waals surface area (Å²) in [6.45, 7) is 3.44. The Morgan fingerprint density at radius 3 is 2.50 bits per heavy atom. The lowest BCUT2D eigenvalue weighted by atomic mass is 9.99. The molecule has 1 N–H and O–H groups in total. The molecule has 1 fully saturated rings. The van der Waals surface area contributed by atoms with Crippen LogP contribution in [-0.2, 0) is 12.8 Å². The number of hydrogen-bond acceptors (Lipinski definition) is 1. The molecule has 3 heteroatoms. The summed E-state index contributed by atoms with van der Waals surface area (Å²) in [4.78, 5) is 1.65. The first-order chi connectivity index (χ1) is 12.3. The summed E-state index contributed by atoms with van der Waals surface area (Å²) in [5, 5.41) is 0. The van der Waals surface area contributed by atoms with Crippen LogP contribution < -0.4 is 22.0 Å². The van der Waals surface area contributed by atoms with Crippen LogP contribution in [0, 0.1) is 5.92 Å². The van der Waals surface area contributed by atoms with Gasteiger partial charge in [0.1, 0.15) is 5.75 Å². The van der Waals surface area contributed by atoms with Crippen molar-refractivity contribution in [3.8, 4) is 5.75 Å². The van der Waals surface area contributed by atoms with E-state index in [1.807, 2.05) is 0 Å². The van der Waals surface area contributed by atoms with E-state index in [0.29, 0.717) is 5.92 Å². The number of para-hydroxylation sites is 1. The second-order valence-electron chi connectivity index (χ2n) is 7.53. The monoisotopic (exact) mass is 373 g/mol. The van der Waals surface area contributed by atoms with Crippen LogP contribution in [0.1, 0.15) is 36.8 Å². The Bertz CT molecular complexity index is 631. The van der Waals surface area contributed by atoms with Gasteiger partial charge in [-0.15, -0.1) is 0 Å². The minimum absolute atomic E-state index is 0. The molecule has 1 saturated heterocycles. The quantitative estimate of drug-likeness (QED) is 0.667. The molecule has 0 radical (unpaired) electrons. The number of benzene rings is 2. The van der Waals surface area contributed by atoms with E-state index >= 15 is 0 Å². The molecule has 3 rings (SSSR count). The van der Waals surface area contributed by atoms with Gasteiger partial charge in [0.25, 0.3) is 0 Å². The van der Waals surface area contributed by atoms with Gasteiger partial charge >= 0.3 is 0 Å². The Hall–Kier alpha value is -1.51. The number of likely N-dealkylation sites (tertiary alicyclic amines) is 1. The molecule has 0 aliphatic carbocycles. The van der Waals surface area contributed by atoms with Crippen LogP contribution in [0.4, 0.5) is 0 Å². The predicted octanol–water partition coefficient (Wildman–Crippen LogP) is 0.560. The predicted molar refractivity (Wildman–Crippen MR) is 104 cm³/mol. The molecule has 2 atom stereocenters. The van der Waals surface area contributed by atoms with Crippen LogP contribution >= 0.6 is 0 Å². The zero-order valence-electron chi connectivity index (χ0n) is 15.9. The Labute approximate surface area is 165 Å². The van der Waals surface area contributed by atoms with Crippen LogP contribution in [-0.4, -0.2) is 26.7 Å². The fourth-order valence-electron chi connectivity index (χ4n) is 3.88. The molecule has 1 aliphatic rings. The Morgan fingerprint density at radius 2 is 1.69 bits per heavy atom. The molecule has 2 nitrogen and oxygen atoms in total. The van der Waals surface area contributed by atoms with Crippen molar-refractivity contribution in [2.45, 2.75) is 38.5 Å². The minimum Gasteiger partial charge on any atom is -1.00 e. The van der Waals surface area contributed by atoms with Gasteiger partial charge in [-0.25, -0.2) is 0 Å². The van der Waals surface area contributed by atoms with Crippen LogP contribution in [0.3, 0.4) is 0 Å². The third-order valence-corrected chi connectivity index (χ3v) is 5.30. The third-order valence-electron chi connectivity index (χ3n) is 5.30. The van der Waals surface area contributed by atoms with E-state index in [9.17, 15) is 0 Å². The highest BCUT2D eigenvalue weighted by Crippen LogP contribution is 2.22. The van der Waals surface area contributed by atoms with E-state index < -0.39 is 0 Å². The molecule has 1 aliphatic heterocycles. The van der Waals surface area contributed by atoms with Gasteiger partial charge in [0, 0.05) is 5.92 Å². The van der Waals surface area contributed by atoms with E-state index in [0.717, 1.165) is 18.8 Å². The lowest BCUT2D eigenvalue weighted by Crippen LogP contribution is -3.10. The number of hydrogen-bond donors (Lipinski definition) is 1. The van der Waals surface area contributed by atoms with E-state index in [-0.39, 0.29) is 12.4 Å². The number of rotatable bonds is 8. The largest absolute Gasteiger partial charge is 1.00 e. The molecule has 26 heavy (non-hydrogen) atoms. The Kier molecular flexibility index (Phi) is 9.00. The van der Waals surface area contributed by atoms with Crippen molar-refractivity contribution >= 4 is 0 Å². The van der Waals surface area contributed by atoms with E-state index in [4.69, 9.17) is 4.74 Å². The van der Waals surface area contributed by atoms with Gasteiger partial charge in [-0.2, -0.15) is 0 Å². The Balaban J connectivity index is 0.00000243. The number of nitrogens with one attached hydrogen (secondary N) is 1. The standard InChI is InChI=1S/C23H31NO.ClH/c1-24-17-9-13-21(18-24)19-25-23-16-8-7-15-22(23)14-6-5-12-20-10-3-2-4-11-20;/h2-4,7-8,10-11,15-16,21H,5-6,9,12-14,17-19H2,1H3;1H. The van der Waals surface area contributed by atoms with Gasteiger partial charge < -0.3 is 22.0 Å². The molecule has 0 aromatic heterocycles. The van der Waals surface area contributed by atoms with Crippen molar-refractivity contribution in [2.24, 2.45) is 5.92 Å². The summed E-state index contributed by atoms with van der Waals surface area (Å²) < 4.78 is 6.23. The van der Waals surface area contributed by atoms with Crippen molar-refractivity contribution in [1.82, 2.24) is 0 Å². The van der Waals surface area contributed by atoms with Gasteiger partial charge in [0.15, 0.2) is 0 Å². The molecular formula is C23H32ClNO. The van der Waals surface area contributed by atoms with Crippen LogP contribution in [0.25, 0.3) is 0 Å². The highest BCUT2D eigenvalue weighted by Gasteiger charge is 2.21. The summed E-state index contributed by atoms with van der Waals surface area (Å²) in [5.74, 6) is 1.81. The molecular weight excluding hydrogens is 342 g/mol. The molecule has 0 spiro atoms. The summed E-state index contributed by atoms with van der Waals surface area (Å²) in [7, 11) is 2.30. The summed E-state index contributed by atoms with van der Waals surface area (Å²) >= 11 is 0. The summed E-state index contributed by atoms with van der Waals surface area (Å²) in [5.41, 5.74) is 2.81. The van der Waals surface area contributed by atoms with E-state index in [2.05, 4.69) is 61.6 Å². The van der Waals surface area contributed by atoms with Crippen LogP contribution in [0.15, 0.2) is 54.6 Å². The maximum Gasteiger partial charge on any atom is 0.122 e. The minimum atomic E-state index is 0. The molecule has 1 heterocycles. The molecule has 2 aromatic rings. The Morgan fingerprint density at radius 1 is 0.962 bits per heavy atom. The maximum atomic E-state index is 6.23. The SMILES string of the molecule is C[NH+]1CCCC(COc2ccccc2CCCCc2ccccc2)C1.[Cl-]. The van der Waals surface area contributed by atoms with Crippen LogP contribution in [0.2, 0.25) is 0 Å². The van der Waals surface area contributed by atoms with Crippen molar-refractivity contribution in [2.75, 3.05) is 26.7 Å². The molecule has 0 amide bonds. The summed E-state index contributed by atoms with van der Waals surface area (Å²) in [6.07, 6.45) is 7.37. The first kappa shape index (κ1) is 20.8. The number of unbranched alkanes of at least 4 members (excludes halogenated alkanes) is 1. The second kappa shape index (κ2) is 11.3. The highest BCUT2D eigenvalue weighted by atomic mass is 35.5. The van der Waals surface area contributed by atoms with Gasteiger partial charge in [-0.05, 0) is 55.7 Å². The van der Waals surface area contributed by atoms with Crippen molar-refractivity contribution in [3.63, 3.8) is 0 Å². The average Bonchev–Trinajstić information content (AvgIpc) is 2.65. The lowest BCUT2D eigenvalue weighted by molar-refractivity contribution is -0.888. The van der Waals surface area contributed by atoms with Gasteiger partial charge in [-0.3, -0.25) is 0 Å². The van der Waals surface area contributed by atoms with Gasteiger partial charge in [0.05, 0.1) is 26.7 Å². The fourth-order valence-corrected chi connectivity index (χ4v) is 3.88. The lowest BCUT2D eigenvalue weighted by Gasteiger charge is -2.27. The number of quaternary nitrogens is 1. The average molecular weight is 374 g/mol. The third kappa shape index (κ3) is 6.66. The van der Waals surface area contributed by atoms with Crippen molar-refractivity contribution in [3.05, 3.63) is 65.7 Å². The number of aryl methyl sites for hydroxylation is 2. The van der Waals surface area contributed by atoms with Crippen molar-refractivity contribution in [1.29, 1.82) is 0 Å². The molecule has 2 unspecified atom stereocenters. The number of ether oxygens (including phenoxy) is 1. The van der Waals surface area contributed by atoms with Crippen molar-refractivity contribution < 1.29 is 22.0 Å². The zero-order chi connectivity index (χ0) is 17.3. The maximum absolute atomic E-state index is 6.23. The molecule has 2 aromatic carbocycles. The van der Waals surface area contributed by atoms with Crippen LogP contribution in [0.5, 0.6) is 5.75 Å². The van der Waals surface area contributed by atoms with E-state index in [1.165, 1.54) is 56.3 Å².